The van der Waals surface area contributed by atoms with Gasteiger partial charge in [0.1, 0.15) is 23.6 Å². The molecule has 4 nitrogen and oxygen atoms in total. The molecule has 28 heavy (non-hydrogen) atoms. The van der Waals surface area contributed by atoms with E-state index in [1.54, 1.807) is 24.3 Å². The average molecular weight is 360 g/mol. The third-order valence-electron chi connectivity index (χ3n) is 4.10. The lowest BCUT2D eigenvalue weighted by atomic mass is 9.97. The van der Waals surface area contributed by atoms with Crippen molar-refractivity contribution in [3.8, 4) is 35.1 Å². The van der Waals surface area contributed by atoms with Crippen LogP contribution in [0, 0.1) is 22.7 Å². The van der Waals surface area contributed by atoms with Gasteiger partial charge in [-0.3, -0.25) is 0 Å². The molecular formula is C22H14B2N2O2. The molecule has 0 aliphatic heterocycles. The van der Waals surface area contributed by atoms with Crippen LogP contribution in [0.5, 0.6) is 23.0 Å². The molecule has 0 spiro atoms. The Bertz CT molecular complexity index is 964. The van der Waals surface area contributed by atoms with Crippen LogP contribution in [0.25, 0.3) is 0 Å². The van der Waals surface area contributed by atoms with Crippen molar-refractivity contribution >= 4 is 15.7 Å². The van der Waals surface area contributed by atoms with Gasteiger partial charge in [0, 0.05) is 12.1 Å². The highest BCUT2D eigenvalue weighted by atomic mass is 16.5. The molecule has 3 aromatic carbocycles. The zero-order valence-electron chi connectivity index (χ0n) is 15.1. The number of nitrogens with zero attached hydrogens (tertiary/aromatic N) is 2. The van der Waals surface area contributed by atoms with Crippen molar-refractivity contribution in [3.63, 3.8) is 0 Å². The predicted octanol–water partition coefficient (Wildman–Crippen LogP) is 4.35. The summed E-state index contributed by atoms with van der Waals surface area (Å²) < 4.78 is 11.8. The van der Waals surface area contributed by atoms with Gasteiger partial charge >= 0.3 is 0 Å². The smallest absolute Gasteiger partial charge is 0.171 e. The maximum atomic E-state index is 9.32. The standard InChI is InChI=1S/C22H14B2N2O2/c23-11-15-1-5-19(6-2-15)27-21-9-17(13-25)18(14-26)10-22(21)28-20-7-3-16(12-24)4-8-20/h1-10H,11-12H2. The van der Waals surface area contributed by atoms with Gasteiger partial charge < -0.3 is 9.47 Å². The second-order valence-electron chi connectivity index (χ2n) is 5.97. The van der Waals surface area contributed by atoms with Crippen LogP contribution in [-0.2, 0) is 12.6 Å². The first-order valence-electron chi connectivity index (χ1n) is 8.58. The van der Waals surface area contributed by atoms with Crippen molar-refractivity contribution in [3.05, 3.63) is 82.9 Å². The molecule has 0 atom stereocenters. The average Bonchev–Trinajstić information content (AvgIpc) is 2.75. The van der Waals surface area contributed by atoms with Crippen LogP contribution in [0.15, 0.2) is 60.7 Å². The molecule has 0 amide bonds. The number of ether oxygens (including phenoxy) is 2. The molecule has 0 fully saturated rings. The van der Waals surface area contributed by atoms with E-state index in [4.69, 9.17) is 25.2 Å². The van der Waals surface area contributed by atoms with Crippen molar-refractivity contribution in [2.75, 3.05) is 0 Å². The number of nitriles is 2. The fourth-order valence-electron chi connectivity index (χ4n) is 2.55. The Labute approximate surface area is 166 Å². The fourth-order valence-corrected chi connectivity index (χ4v) is 2.55. The number of hydrogen-bond acceptors (Lipinski definition) is 4. The number of hydrogen-bond donors (Lipinski definition) is 0. The lowest BCUT2D eigenvalue weighted by Gasteiger charge is -2.14. The topological polar surface area (TPSA) is 66.0 Å². The van der Waals surface area contributed by atoms with E-state index in [-0.39, 0.29) is 11.1 Å². The van der Waals surface area contributed by atoms with Crippen LogP contribution in [-0.4, -0.2) is 15.7 Å². The zero-order chi connectivity index (χ0) is 19.9. The highest BCUT2D eigenvalue weighted by Gasteiger charge is 2.14. The number of benzene rings is 3. The minimum Gasteiger partial charge on any atom is -0.453 e. The molecule has 0 aliphatic rings. The van der Waals surface area contributed by atoms with E-state index in [2.05, 4.69) is 0 Å². The molecule has 0 unspecified atom stereocenters. The lowest BCUT2D eigenvalue weighted by molar-refractivity contribution is 0.418. The quantitative estimate of drug-likeness (QED) is 0.613. The van der Waals surface area contributed by atoms with Gasteiger partial charge in [-0.05, 0) is 24.3 Å². The van der Waals surface area contributed by atoms with Crippen molar-refractivity contribution in [1.29, 1.82) is 10.5 Å². The van der Waals surface area contributed by atoms with Gasteiger partial charge in [-0.2, -0.15) is 10.5 Å². The summed E-state index contributed by atoms with van der Waals surface area (Å²) in [5, 5.41) is 18.6. The van der Waals surface area contributed by atoms with E-state index in [9.17, 15) is 10.5 Å². The van der Waals surface area contributed by atoms with Crippen LogP contribution in [0.1, 0.15) is 22.3 Å². The van der Waals surface area contributed by atoms with E-state index in [0.29, 0.717) is 35.6 Å². The maximum absolute atomic E-state index is 9.32. The Kier molecular flexibility index (Phi) is 6.04. The van der Waals surface area contributed by atoms with Crippen molar-refractivity contribution in [2.24, 2.45) is 0 Å². The Balaban J connectivity index is 1.98. The minimum atomic E-state index is 0.210. The molecule has 0 saturated carbocycles. The van der Waals surface area contributed by atoms with Gasteiger partial charge in [0.05, 0.1) is 26.8 Å². The molecule has 0 saturated heterocycles. The minimum absolute atomic E-state index is 0.210. The maximum Gasteiger partial charge on any atom is 0.171 e. The first-order chi connectivity index (χ1) is 13.7. The van der Waals surface area contributed by atoms with Crippen LogP contribution < -0.4 is 9.47 Å². The van der Waals surface area contributed by atoms with E-state index < -0.39 is 0 Å². The van der Waals surface area contributed by atoms with Gasteiger partial charge in [0.15, 0.2) is 11.5 Å². The molecule has 0 N–H and O–H groups in total. The zero-order valence-corrected chi connectivity index (χ0v) is 15.1. The van der Waals surface area contributed by atoms with E-state index in [0.717, 1.165) is 11.1 Å². The third kappa shape index (κ3) is 4.37. The second-order valence-corrected chi connectivity index (χ2v) is 5.97. The summed E-state index contributed by atoms with van der Waals surface area (Å²) in [6.07, 6.45) is 0.867. The molecular weight excluding hydrogens is 346 g/mol. The fraction of sp³-hybridized carbons (Fsp3) is 0.0909. The van der Waals surface area contributed by atoms with Gasteiger partial charge in [-0.15, -0.1) is 0 Å². The van der Waals surface area contributed by atoms with E-state index in [1.165, 1.54) is 12.1 Å². The Hall–Kier alpha value is -3.63. The van der Waals surface area contributed by atoms with Crippen molar-refractivity contribution in [2.45, 2.75) is 12.6 Å². The van der Waals surface area contributed by atoms with Gasteiger partial charge in [0.2, 0.25) is 0 Å². The summed E-state index contributed by atoms with van der Waals surface area (Å²) >= 11 is 0. The normalized spacial score (nSPS) is 9.93. The SMILES string of the molecule is [B]Cc1ccc(Oc2cc(C#N)c(C#N)cc2Oc2ccc(C[B])cc2)cc1. The molecule has 0 bridgehead atoms. The Morgan fingerprint density at radius 2 is 1.00 bits per heavy atom. The predicted molar refractivity (Wildman–Crippen MR) is 108 cm³/mol. The first kappa shape index (κ1) is 19.1. The Morgan fingerprint density at radius 3 is 1.29 bits per heavy atom. The highest BCUT2D eigenvalue weighted by molar-refractivity contribution is 6.08. The molecule has 3 aromatic rings. The summed E-state index contributed by atoms with van der Waals surface area (Å²) in [5.74, 6) is 1.79. The molecule has 6 heteroatoms. The van der Waals surface area contributed by atoms with Crippen LogP contribution in [0.4, 0.5) is 0 Å². The summed E-state index contributed by atoms with van der Waals surface area (Å²) in [6, 6.07) is 21.6. The van der Waals surface area contributed by atoms with Gasteiger partial charge in [0.25, 0.3) is 0 Å². The van der Waals surface area contributed by atoms with Crippen LogP contribution in [0.2, 0.25) is 0 Å². The van der Waals surface area contributed by atoms with Crippen molar-refractivity contribution in [1.82, 2.24) is 0 Å². The summed E-state index contributed by atoms with van der Waals surface area (Å²) in [4.78, 5) is 0. The largest absolute Gasteiger partial charge is 0.453 e. The first-order valence-corrected chi connectivity index (χ1v) is 8.58. The van der Waals surface area contributed by atoms with Crippen molar-refractivity contribution < 1.29 is 9.47 Å². The summed E-state index contributed by atoms with van der Waals surface area (Å²) in [5.41, 5.74) is 2.37. The second kappa shape index (κ2) is 8.84. The lowest BCUT2D eigenvalue weighted by Crippen LogP contribution is -1.95. The Morgan fingerprint density at radius 1 is 0.643 bits per heavy atom. The summed E-state index contributed by atoms with van der Waals surface area (Å²) in [7, 11) is 11.2. The molecule has 0 aromatic heterocycles. The van der Waals surface area contributed by atoms with E-state index in [1.807, 2.05) is 36.4 Å². The molecule has 3 rings (SSSR count). The molecule has 0 aliphatic carbocycles. The third-order valence-corrected chi connectivity index (χ3v) is 4.10. The van der Waals surface area contributed by atoms with Crippen LogP contribution >= 0.6 is 0 Å². The van der Waals surface area contributed by atoms with Crippen LogP contribution in [0.3, 0.4) is 0 Å². The number of rotatable bonds is 6. The van der Waals surface area contributed by atoms with Gasteiger partial charge in [-0.25, -0.2) is 0 Å². The monoisotopic (exact) mass is 360 g/mol. The molecule has 130 valence electrons. The van der Waals surface area contributed by atoms with E-state index >= 15 is 0 Å². The molecule has 4 radical (unpaired) electrons. The van der Waals surface area contributed by atoms with Gasteiger partial charge in [-0.1, -0.05) is 48.0 Å². The highest BCUT2D eigenvalue weighted by Crippen LogP contribution is 2.37. The molecule has 0 heterocycles. The summed E-state index contributed by atoms with van der Waals surface area (Å²) in [6.45, 7) is 0.